The topological polar surface area (TPSA) is 98.1 Å². The van der Waals surface area contributed by atoms with Gasteiger partial charge in [-0.3, -0.25) is 0 Å². The van der Waals surface area contributed by atoms with Crippen molar-refractivity contribution in [2.24, 2.45) is 5.92 Å². The van der Waals surface area contributed by atoms with Gasteiger partial charge >= 0.3 is 11.9 Å². The van der Waals surface area contributed by atoms with E-state index in [-0.39, 0.29) is 11.7 Å². The zero-order valence-corrected chi connectivity index (χ0v) is 14.6. The van der Waals surface area contributed by atoms with E-state index in [1.54, 1.807) is 12.1 Å². The molecule has 0 heterocycles. The van der Waals surface area contributed by atoms with E-state index in [0.717, 1.165) is 32.2 Å². The zero-order valence-electron chi connectivity index (χ0n) is 14.6. The quantitative estimate of drug-likeness (QED) is 0.715. The highest BCUT2D eigenvalue weighted by Crippen LogP contribution is 2.37. The first-order valence-electron chi connectivity index (χ1n) is 8.22. The van der Waals surface area contributed by atoms with E-state index in [0.29, 0.717) is 12.0 Å². The van der Waals surface area contributed by atoms with Crippen molar-refractivity contribution in [2.75, 3.05) is 20.6 Å². The molecule has 1 aliphatic carbocycles. The van der Waals surface area contributed by atoms with Crippen LogP contribution >= 0.6 is 0 Å². The summed E-state index contributed by atoms with van der Waals surface area (Å²) in [7, 11) is 4.05. The second kappa shape index (κ2) is 9.48. The SMILES string of the molecule is CN(C)C[C@@H]1CCCC[C@@]1(O)Cc1ccccc1F.O=C(O)C(=O)O. The predicted octanol–water partition coefficient (Wildman–Crippen LogP) is 2.01. The number of aliphatic carboxylic acids is 2. The lowest BCUT2D eigenvalue weighted by Gasteiger charge is -2.41. The van der Waals surface area contributed by atoms with E-state index in [9.17, 15) is 9.50 Å². The van der Waals surface area contributed by atoms with Gasteiger partial charge in [0.25, 0.3) is 0 Å². The number of halogens is 1. The van der Waals surface area contributed by atoms with Gasteiger partial charge in [-0.1, -0.05) is 31.0 Å². The Hall–Kier alpha value is -1.99. The summed E-state index contributed by atoms with van der Waals surface area (Å²) in [5.41, 5.74) is -0.124. The van der Waals surface area contributed by atoms with Crippen LogP contribution in [-0.2, 0) is 16.0 Å². The molecule has 1 saturated carbocycles. The Kier molecular flexibility index (Phi) is 7.99. The predicted molar refractivity (Wildman–Crippen MR) is 90.8 cm³/mol. The molecule has 0 aromatic heterocycles. The van der Waals surface area contributed by atoms with E-state index in [4.69, 9.17) is 19.8 Å². The van der Waals surface area contributed by atoms with Gasteiger partial charge in [-0.2, -0.15) is 0 Å². The molecule has 25 heavy (non-hydrogen) atoms. The van der Waals surface area contributed by atoms with Gasteiger partial charge < -0.3 is 20.2 Å². The number of hydrogen-bond acceptors (Lipinski definition) is 4. The second-order valence-corrected chi connectivity index (χ2v) is 6.69. The number of carboxylic acid groups (broad SMARTS) is 2. The molecular formula is C18H26FNO5. The molecule has 0 amide bonds. The van der Waals surface area contributed by atoms with E-state index >= 15 is 0 Å². The van der Waals surface area contributed by atoms with Crippen molar-refractivity contribution in [2.45, 2.75) is 37.7 Å². The van der Waals surface area contributed by atoms with Gasteiger partial charge in [-0.05, 0) is 38.6 Å². The van der Waals surface area contributed by atoms with Gasteiger partial charge in [-0.15, -0.1) is 0 Å². The van der Waals surface area contributed by atoms with Crippen molar-refractivity contribution in [3.05, 3.63) is 35.6 Å². The van der Waals surface area contributed by atoms with Crippen LogP contribution in [0.3, 0.4) is 0 Å². The smallest absolute Gasteiger partial charge is 0.414 e. The average Bonchev–Trinajstić information content (AvgIpc) is 2.52. The molecule has 7 heteroatoms. The van der Waals surface area contributed by atoms with Crippen LogP contribution in [0.25, 0.3) is 0 Å². The van der Waals surface area contributed by atoms with Crippen LogP contribution in [0.4, 0.5) is 4.39 Å². The van der Waals surface area contributed by atoms with Crippen molar-refractivity contribution in [3.8, 4) is 0 Å². The van der Waals surface area contributed by atoms with Gasteiger partial charge in [0.05, 0.1) is 5.60 Å². The molecule has 0 saturated heterocycles. The van der Waals surface area contributed by atoms with Crippen LogP contribution in [0.2, 0.25) is 0 Å². The molecule has 0 radical (unpaired) electrons. The lowest BCUT2D eigenvalue weighted by Crippen LogP contribution is -2.47. The van der Waals surface area contributed by atoms with Crippen molar-refractivity contribution >= 4 is 11.9 Å². The highest BCUT2D eigenvalue weighted by molar-refractivity contribution is 6.27. The summed E-state index contributed by atoms with van der Waals surface area (Å²) in [5.74, 6) is -3.62. The van der Waals surface area contributed by atoms with Gasteiger partial charge in [0, 0.05) is 18.9 Å². The number of hydrogen-bond donors (Lipinski definition) is 3. The summed E-state index contributed by atoms with van der Waals surface area (Å²) < 4.78 is 13.8. The van der Waals surface area contributed by atoms with Crippen LogP contribution in [0.5, 0.6) is 0 Å². The summed E-state index contributed by atoms with van der Waals surface area (Å²) in [5, 5.41) is 25.7. The number of benzene rings is 1. The van der Waals surface area contributed by atoms with Crippen LogP contribution in [0, 0.1) is 11.7 Å². The monoisotopic (exact) mass is 355 g/mol. The first-order valence-corrected chi connectivity index (χ1v) is 8.22. The molecule has 1 aromatic rings. The fourth-order valence-electron chi connectivity index (χ4n) is 3.20. The molecule has 3 N–H and O–H groups in total. The third-order valence-corrected chi connectivity index (χ3v) is 4.40. The summed E-state index contributed by atoms with van der Waals surface area (Å²) >= 11 is 0. The van der Waals surface area contributed by atoms with E-state index in [1.165, 1.54) is 6.07 Å². The number of carbonyl (C=O) groups is 2. The highest BCUT2D eigenvalue weighted by Gasteiger charge is 2.39. The molecule has 0 spiro atoms. The summed E-state index contributed by atoms with van der Waals surface area (Å²) in [6.45, 7) is 0.866. The van der Waals surface area contributed by atoms with Crippen molar-refractivity contribution < 1.29 is 29.3 Å². The summed E-state index contributed by atoms with van der Waals surface area (Å²) in [6.07, 6.45) is 4.44. The molecule has 0 aliphatic heterocycles. The standard InChI is InChI=1S/C16H24FNO.C2H2O4/c1-18(2)12-14-8-5-6-10-16(14,19)11-13-7-3-4-9-15(13)17;3-1(4)2(5)6/h3-4,7,9,14,19H,5-6,8,10-12H2,1-2H3;(H,3,4)(H,5,6)/t14-,16+;/m0./s1. The Morgan fingerprint density at radius 3 is 2.32 bits per heavy atom. The Morgan fingerprint density at radius 2 is 1.80 bits per heavy atom. The molecule has 1 aromatic carbocycles. The largest absolute Gasteiger partial charge is 0.473 e. The molecular weight excluding hydrogens is 329 g/mol. The lowest BCUT2D eigenvalue weighted by molar-refractivity contribution is -0.159. The fourth-order valence-corrected chi connectivity index (χ4v) is 3.20. The van der Waals surface area contributed by atoms with E-state index in [2.05, 4.69) is 4.90 Å². The number of rotatable bonds is 4. The van der Waals surface area contributed by atoms with Gasteiger partial charge in [0.2, 0.25) is 0 Å². The van der Waals surface area contributed by atoms with Crippen LogP contribution in [0.1, 0.15) is 31.2 Å². The Balaban J connectivity index is 0.000000450. The van der Waals surface area contributed by atoms with Crippen LogP contribution in [-0.4, -0.2) is 58.4 Å². The van der Waals surface area contributed by atoms with Gasteiger partial charge in [0.1, 0.15) is 5.82 Å². The molecule has 2 rings (SSSR count). The molecule has 0 bridgehead atoms. The van der Waals surface area contributed by atoms with Gasteiger partial charge in [-0.25, -0.2) is 14.0 Å². The minimum Gasteiger partial charge on any atom is -0.473 e. The number of carboxylic acids is 2. The van der Waals surface area contributed by atoms with Crippen molar-refractivity contribution in [1.29, 1.82) is 0 Å². The first-order chi connectivity index (χ1) is 11.7. The number of aliphatic hydroxyl groups is 1. The summed E-state index contributed by atoms with van der Waals surface area (Å²) in [6, 6.07) is 6.80. The third kappa shape index (κ3) is 6.80. The van der Waals surface area contributed by atoms with Gasteiger partial charge in [0.15, 0.2) is 0 Å². The molecule has 2 atom stereocenters. The van der Waals surface area contributed by atoms with Crippen molar-refractivity contribution in [1.82, 2.24) is 4.90 Å². The highest BCUT2D eigenvalue weighted by atomic mass is 19.1. The molecule has 1 fully saturated rings. The Labute approximate surface area is 146 Å². The maximum atomic E-state index is 13.8. The normalized spacial score (nSPS) is 22.8. The first kappa shape index (κ1) is 21.1. The van der Waals surface area contributed by atoms with Crippen molar-refractivity contribution in [3.63, 3.8) is 0 Å². The maximum Gasteiger partial charge on any atom is 0.414 e. The molecule has 140 valence electrons. The molecule has 6 nitrogen and oxygen atoms in total. The zero-order chi connectivity index (χ0) is 19.0. The molecule has 1 aliphatic rings. The second-order valence-electron chi connectivity index (χ2n) is 6.69. The lowest BCUT2D eigenvalue weighted by atomic mass is 9.72. The summed E-state index contributed by atoms with van der Waals surface area (Å²) in [4.78, 5) is 20.3. The third-order valence-electron chi connectivity index (χ3n) is 4.40. The molecule has 0 unspecified atom stereocenters. The van der Waals surface area contributed by atoms with E-state index in [1.807, 2.05) is 20.2 Å². The fraction of sp³-hybridized carbons (Fsp3) is 0.556. The Bertz CT molecular complexity index is 581. The maximum absolute atomic E-state index is 13.8. The number of nitrogens with zero attached hydrogens (tertiary/aromatic N) is 1. The minimum atomic E-state index is -1.82. The van der Waals surface area contributed by atoms with E-state index < -0.39 is 17.5 Å². The van der Waals surface area contributed by atoms with Crippen LogP contribution < -0.4 is 0 Å². The van der Waals surface area contributed by atoms with Crippen LogP contribution in [0.15, 0.2) is 24.3 Å². The average molecular weight is 355 g/mol. The minimum absolute atomic E-state index is 0.204. The Morgan fingerprint density at radius 1 is 1.20 bits per heavy atom.